The van der Waals surface area contributed by atoms with Crippen LogP contribution in [0.15, 0.2) is 88.7 Å². The molecule has 0 aliphatic carbocycles. The number of hydrogen-bond acceptors (Lipinski definition) is 4. The molecule has 0 aromatic heterocycles. The van der Waals surface area contributed by atoms with Gasteiger partial charge < -0.3 is 1.43 Å². The molecular formula is C18H16NaO6PS2. The fourth-order valence-electron chi connectivity index (χ4n) is 2.59. The first-order valence-corrected chi connectivity index (χ1v) is 11.9. The molecule has 3 rings (SSSR count). The third kappa shape index (κ3) is 5.49. The van der Waals surface area contributed by atoms with Crippen LogP contribution < -0.4 is 45.5 Å². The molecule has 3 aromatic rings. The molecule has 0 radical (unpaired) electrons. The minimum absolute atomic E-state index is 0. The third-order valence-corrected chi connectivity index (χ3v) is 7.86. The summed E-state index contributed by atoms with van der Waals surface area (Å²) in [4.78, 5) is -0.483. The van der Waals surface area contributed by atoms with Crippen molar-refractivity contribution in [3.8, 4) is 0 Å². The molecule has 0 aliphatic heterocycles. The van der Waals surface area contributed by atoms with E-state index in [1.165, 1.54) is 36.4 Å². The van der Waals surface area contributed by atoms with Crippen LogP contribution in [-0.4, -0.2) is 25.9 Å². The van der Waals surface area contributed by atoms with Crippen molar-refractivity contribution < 1.29 is 56.9 Å². The second kappa shape index (κ2) is 9.15. The van der Waals surface area contributed by atoms with Gasteiger partial charge in [0, 0.05) is 0 Å². The van der Waals surface area contributed by atoms with E-state index in [4.69, 9.17) is 0 Å². The first kappa shape index (κ1) is 23.2. The fourth-order valence-corrected chi connectivity index (χ4v) is 6.19. The smallest absolute Gasteiger partial charge is 1.00 e. The molecule has 6 nitrogen and oxygen atoms in total. The molecule has 28 heavy (non-hydrogen) atoms. The van der Waals surface area contributed by atoms with Crippen molar-refractivity contribution in [3.05, 3.63) is 78.9 Å². The molecule has 0 spiro atoms. The Balaban J connectivity index is 0.00000210. The average molecular weight is 446 g/mol. The topological polar surface area (TPSA) is 109 Å². The van der Waals surface area contributed by atoms with Crippen molar-refractivity contribution in [2.24, 2.45) is 0 Å². The van der Waals surface area contributed by atoms with Gasteiger partial charge >= 0.3 is 29.6 Å². The maximum Gasteiger partial charge on any atom is 1.00 e. The molecule has 0 fully saturated rings. The van der Waals surface area contributed by atoms with Crippen molar-refractivity contribution in [2.75, 3.05) is 0 Å². The van der Waals surface area contributed by atoms with Crippen LogP contribution in [0, 0.1) is 0 Å². The van der Waals surface area contributed by atoms with Gasteiger partial charge in [0.05, 0.1) is 9.79 Å². The van der Waals surface area contributed by atoms with Crippen LogP contribution in [-0.2, 0) is 20.2 Å². The largest absolute Gasteiger partial charge is 1.00 e. The molecule has 0 unspecified atom stereocenters. The first-order valence-electron chi connectivity index (χ1n) is 7.66. The second-order valence-electron chi connectivity index (χ2n) is 5.62. The summed E-state index contributed by atoms with van der Waals surface area (Å²) < 4.78 is 64.8. The predicted molar refractivity (Wildman–Crippen MR) is 106 cm³/mol. The van der Waals surface area contributed by atoms with Crippen molar-refractivity contribution in [2.45, 2.75) is 9.79 Å². The van der Waals surface area contributed by atoms with Crippen molar-refractivity contribution in [1.82, 2.24) is 0 Å². The van der Waals surface area contributed by atoms with Gasteiger partial charge in [0.25, 0.3) is 20.2 Å². The van der Waals surface area contributed by atoms with E-state index in [0.29, 0.717) is 10.6 Å². The van der Waals surface area contributed by atoms with E-state index in [0.717, 1.165) is 5.30 Å². The zero-order valence-corrected chi connectivity index (χ0v) is 19.3. The van der Waals surface area contributed by atoms with E-state index in [-0.39, 0.29) is 40.8 Å². The van der Waals surface area contributed by atoms with Gasteiger partial charge in [-0.1, -0.05) is 54.6 Å². The maximum absolute atomic E-state index is 11.5. The van der Waals surface area contributed by atoms with Gasteiger partial charge in [-0.2, -0.15) is 16.8 Å². The second-order valence-corrected chi connectivity index (χ2v) is 10.7. The summed E-state index contributed by atoms with van der Waals surface area (Å²) in [7, 11) is -10.1. The number of rotatable bonds is 5. The normalized spacial score (nSPS) is 11.8. The monoisotopic (exact) mass is 446 g/mol. The Kier molecular flexibility index (Phi) is 7.58. The number of benzene rings is 3. The third-order valence-electron chi connectivity index (χ3n) is 3.76. The molecule has 142 valence electrons. The van der Waals surface area contributed by atoms with E-state index in [9.17, 15) is 25.9 Å². The molecule has 0 saturated heterocycles. The van der Waals surface area contributed by atoms with E-state index in [1.807, 2.05) is 30.3 Å². The van der Waals surface area contributed by atoms with E-state index < -0.39 is 28.2 Å². The van der Waals surface area contributed by atoms with Gasteiger partial charge in [0.15, 0.2) is 0 Å². The molecule has 10 heteroatoms. The summed E-state index contributed by atoms with van der Waals surface area (Å²) >= 11 is 0. The molecule has 0 saturated carbocycles. The zero-order chi connectivity index (χ0) is 19.7. The van der Waals surface area contributed by atoms with Crippen LogP contribution >= 0.6 is 7.92 Å². The van der Waals surface area contributed by atoms with E-state index >= 15 is 0 Å². The zero-order valence-electron chi connectivity index (χ0n) is 15.8. The van der Waals surface area contributed by atoms with Gasteiger partial charge in [-0.25, -0.2) is 0 Å². The van der Waals surface area contributed by atoms with E-state index in [2.05, 4.69) is 0 Å². The van der Waals surface area contributed by atoms with Gasteiger partial charge in [0.1, 0.15) is 0 Å². The standard InChI is InChI=1S/C18H15O6PS2.Na.H/c19-26(20,21)17-10-4-8-15(12-17)25(14-6-2-1-3-7-14)16-9-5-11-18(13-16)27(22,23)24;;/h1-13H,(H,19,20,21)(H,22,23,24);;/q;+1;-1. The molecule has 0 amide bonds. The molecule has 0 heterocycles. The summed E-state index contributed by atoms with van der Waals surface area (Å²) in [6.07, 6.45) is 0. The van der Waals surface area contributed by atoms with Crippen molar-refractivity contribution in [3.63, 3.8) is 0 Å². The van der Waals surface area contributed by atoms with Crippen LogP contribution in [0.1, 0.15) is 1.43 Å². The average Bonchev–Trinajstić information content (AvgIpc) is 2.62. The molecule has 3 aromatic carbocycles. The van der Waals surface area contributed by atoms with Crippen molar-refractivity contribution >= 4 is 44.1 Å². The van der Waals surface area contributed by atoms with Crippen LogP contribution in [0.2, 0.25) is 0 Å². The summed E-state index contributed by atoms with van der Waals surface area (Å²) in [5.41, 5.74) is 0. The SMILES string of the molecule is O=S(=O)(O)c1cccc(P(c2ccccc2)c2cccc(S(=O)(=O)O)c2)c1.[H-].[Na+]. The molecule has 0 aliphatic rings. The molecule has 0 bridgehead atoms. The van der Waals surface area contributed by atoms with Crippen LogP contribution in [0.25, 0.3) is 0 Å². The van der Waals surface area contributed by atoms with Crippen LogP contribution in [0.4, 0.5) is 0 Å². The summed E-state index contributed by atoms with van der Waals surface area (Å²) in [5, 5.41) is 2.07. The van der Waals surface area contributed by atoms with Crippen molar-refractivity contribution in [1.29, 1.82) is 0 Å². The number of hydrogen-bond donors (Lipinski definition) is 2. The first-order chi connectivity index (χ1) is 12.7. The van der Waals surface area contributed by atoms with Crippen LogP contribution in [0.3, 0.4) is 0 Å². The van der Waals surface area contributed by atoms with Gasteiger partial charge in [-0.15, -0.1) is 0 Å². The Labute approximate surface area is 188 Å². The fraction of sp³-hybridized carbons (Fsp3) is 0. The summed E-state index contributed by atoms with van der Waals surface area (Å²) in [5.74, 6) is 0. The van der Waals surface area contributed by atoms with Gasteiger partial charge in [-0.3, -0.25) is 9.11 Å². The Morgan fingerprint density at radius 2 is 1.00 bits per heavy atom. The minimum atomic E-state index is -4.38. The Morgan fingerprint density at radius 3 is 1.39 bits per heavy atom. The Bertz CT molecular complexity index is 1110. The summed E-state index contributed by atoms with van der Waals surface area (Å²) in [6.45, 7) is 0. The Hall–Kier alpha value is -1.09. The maximum atomic E-state index is 11.5. The molecule has 0 atom stereocenters. The van der Waals surface area contributed by atoms with Crippen LogP contribution in [0.5, 0.6) is 0 Å². The molecule has 2 N–H and O–H groups in total. The van der Waals surface area contributed by atoms with E-state index in [1.54, 1.807) is 12.1 Å². The minimum Gasteiger partial charge on any atom is -1.00 e. The quantitative estimate of drug-likeness (QED) is 0.297. The van der Waals surface area contributed by atoms with Gasteiger partial charge in [0.2, 0.25) is 0 Å². The molecular weight excluding hydrogens is 430 g/mol. The predicted octanol–water partition coefficient (Wildman–Crippen LogP) is -0.945. The summed E-state index contributed by atoms with van der Waals surface area (Å²) in [6, 6.07) is 21.0. The van der Waals surface area contributed by atoms with Gasteiger partial charge in [-0.05, 0) is 48.1 Å². The Morgan fingerprint density at radius 1 is 0.607 bits per heavy atom.